The van der Waals surface area contributed by atoms with E-state index in [9.17, 15) is 5.11 Å². The zero-order valence-corrected chi connectivity index (χ0v) is 6.40. The largest absolute Gasteiger partial charge is 0.388 e. The van der Waals surface area contributed by atoms with Crippen molar-refractivity contribution in [3.63, 3.8) is 0 Å². The van der Waals surface area contributed by atoms with Crippen LogP contribution < -0.4 is 0 Å². The zero-order chi connectivity index (χ0) is 7.84. The maximum atomic E-state index is 9.31. The smallest absolute Gasteiger partial charge is 0.115 e. The van der Waals surface area contributed by atoms with E-state index in [4.69, 9.17) is 14.2 Å². The first-order valence-corrected chi connectivity index (χ1v) is 3.77. The van der Waals surface area contributed by atoms with Gasteiger partial charge in [0.15, 0.2) is 0 Å². The molecule has 2 heterocycles. The number of aliphatic hydroxyl groups excluding tert-OH is 1. The van der Waals surface area contributed by atoms with Crippen molar-refractivity contribution in [1.29, 1.82) is 0 Å². The highest BCUT2D eigenvalue weighted by Crippen LogP contribution is 2.28. The zero-order valence-electron chi connectivity index (χ0n) is 6.40. The van der Waals surface area contributed by atoms with Gasteiger partial charge in [0, 0.05) is 7.11 Å². The summed E-state index contributed by atoms with van der Waals surface area (Å²) in [6.45, 7) is 0.901. The second kappa shape index (κ2) is 2.71. The lowest BCUT2D eigenvalue weighted by Gasteiger charge is -2.12. The minimum absolute atomic E-state index is 0.00264. The number of ether oxygens (including phenoxy) is 3. The molecular formula is C7H12O4. The van der Waals surface area contributed by atoms with Crippen molar-refractivity contribution in [3.8, 4) is 0 Å². The van der Waals surface area contributed by atoms with Crippen molar-refractivity contribution in [2.24, 2.45) is 0 Å². The van der Waals surface area contributed by atoms with Gasteiger partial charge < -0.3 is 19.3 Å². The standard InChI is InChI=1S/C7H12O4/c1-9-5-3-11-6-4(8)2-10-7(5)6/h4-8H,2-3H2,1H3/t4-,5-,6+,7+/m0/s1. The van der Waals surface area contributed by atoms with Crippen LogP contribution in [0.1, 0.15) is 0 Å². The van der Waals surface area contributed by atoms with E-state index in [0.717, 1.165) is 0 Å². The summed E-state index contributed by atoms with van der Waals surface area (Å²) in [5, 5.41) is 9.31. The maximum Gasteiger partial charge on any atom is 0.115 e. The molecule has 2 aliphatic heterocycles. The monoisotopic (exact) mass is 160 g/mol. The Bertz CT molecular complexity index is 149. The van der Waals surface area contributed by atoms with Gasteiger partial charge in [-0.3, -0.25) is 0 Å². The quantitative estimate of drug-likeness (QED) is 0.543. The molecule has 2 rings (SSSR count). The number of methoxy groups -OCH3 is 1. The van der Waals surface area contributed by atoms with E-state index in [0.29, 0.717) is 13.2 Å². The summed E-state index contributed by atoms with van der Waals surface area (Å²) in [7, 11) is 1.63. The molecule has 0 radical (unpaired) electrons. The third-order valence-corrected chi connectivity index (χ3v) is 2.28. The minimum Gasteiger partial charge on any atom is -0.388 e. The molecule has 2 fully saturated rings. The average Bonchev–Trinajstić information content (AvgIpc) is 2.53. The fraction of sp³-hybridized carbons (Fsp3) is 1.00. The molecule has 4 nitrogen and oxygen atoms in total. The molecule has 0 spiro atoms. The summed E-state index contributed by atoms with van der Waals surface area (Å²) >= 11 is 0. The van der Waals surface area contributed by atoms with Gasteiger partial charge in [-0.1, -0.05) is 0 Å². The predicted molar refractivity (Wildman–Crippen MR) is 36.3 cm³/mol. The van der Waals surface area contributed by atoms with Crippen LogP contribution in [0.3, 0.4) is 0 Å². The van der Waals surface area contributed by atoms with Crippen LogP contribution in [0.5, 0.6) is 0 Å². The van der Waals surface area contributed by atoms with E-state index in [2.05, 4.69) is 0 Å². The summed E-state index contributed by atoms with van der Waals surface area (Å²) in [6.07, 6.45) is -0.702. The lowest BCUT2D eigenvalue weighted by molar-refractivity contribution is -0.0168. The number of aliphatic hydroxyl groups is 1. The van der Waals surface area contributed by atoms with Crippen LogP contribution in [0.4, 0.5) is 0 Å². The summed E-state index contributed by atoms with van der Waals surface area (Å²) in [5.74, 6) is 0. The third kappa shape index (κ3) is 1.06. The van der Waals surface area contributed by atoms with Crippen molar-refractivity contribution in [2.45, 2.75) is 24.4 Å². The minimum atomic E-state index is -0.472. The van der Waals surface area contributed by atoms with Gasteiger partial charge in [0.05, 0.1) is 13.2 Å². The van der Waals surface area contributed by atoms with Gasteiger partial charge in [-0.05, 0) is 0 Å². The molecule has 4 atom stereocenters. The molecule has 0 saturated carbocycles. The van der Waals surface area contributed by atoms with Crippen LogP contribution >= 0.6 is 0 Å². The maximum absolute atomic E-state index is 9.31. The van der Waals surface area contributed by atoms with E-state index in [1.54, 1.807) is 7.11 Å². The molecule has 4 heteroatoms. The van der Waals surface area contributed by atoms with Crippen LogP contribution in [0, 0.1) is 0 Å². The van der Waals surface area contributed by atoms with Crippen LogP contribution in [0.25, 0.3) is 0 Å². The van der Waals surface area contributed by atoms with Crippen molar-refractivity contribution in [3.05, 3.63) is 0 Å². The van der Waals surface area contributed by atoms with Gasteiger partial charge in [-0.25, -0.2) is 0 Å². The van der Waals surface area contributed by atoms with Crippen molar-refractivity contribution >= 4 is 0 Å². The van der Waals surface area contributed by atoms with E-state index >= 15 is 0 Å². The number of fused-ring (bicyclic) bond motifs is 1. The average molecular weight is 160 g/mol. The molecular weight excluding hydrogens is 148 g/mol. The fourth-order valence-electron chi connectivity index (χ4n) is 1.65. The molecule has 11 heavy (non-hydrogen) atoms. The molecule has 0 aromatic rings. The first kappa shape index (κ1) is 7.49. The number of rotatable bonds is 1. The number of hydrogen-bond acceptors (Lipinski definition) is 4. The number of hydrogen-bond donors (Lipinski definition) is 1. The van der Waals surface area contributed by atoms with Crippen LogP contribution in [-0.2, 0) is 14.2 Å². The molecule has 0 amide bonds. The van der Waals surface area contributed by atoms with Crippen LogP contribution in [0.2, 0.25) is 0 Å². The Kier molecular flexibility index (Phi) is 1.85. The highest BCUT2D eigenvalue weighted by molar-refractivity contribution is 4.94. The Morgan fingerprint density at radius 1 is 1.27 bits per heavy atom. The Hall–Kier alpha value is -0.160. The third-order valence-electron chi connectivity index (χ3n) is 2.28. The van der Waals surface area contributed by atoms with Gasteiger partial charge in [-0.15, -0.1) is 0 Å². The van der Waals surface area contributed by atoms with Crippen molar-refractivity contribution < 1.29 is 19.3 Å². The molecule has 2 aliphatic rings. The Labute approximate surface area is 65.1 Å². The lowest BCUT2D eigenvalue weighted by Crippen LogP contribution is -2.32. The van der Waals surface area contributed by atoms with E-state index in [1.807, 2.05) is 0 Å². The normalized spacial score (nSPS) is 49.6. The van der Waals surface area contributed by atoms with Crippen LogP contribution in [-0.4, -0.2) is 49.8 Å². The summed E-state index contributed by atoms with van der Waals surface area (Å²) in [5.41, 5.74) is 0. The van der Waals surface area contributed by atoms with Gasteiger partial charge >= 0.3 is 0 Å². The Morgan fingerprint density at radius 3 is 2.73 bits per heavy atom. The molecule has 0 unspecified atom stereocenters. The van der Waals surface area contributed by atoms with Gasteiger partial charge in [0.1, 0.15) is 24.4 Å². The SMILES string of the molecule is CO[C@H]1CO[C@H]2[C@@H]1OC[C@@H]2O. The van der Waals surface area contributed by atoms with E-state index in [-0.39, 0.29) is 18.3 Å². The van der Waals surface area contributed by atoms with E-state index in [1.165, 1.54) is 0 Å². The highest BCUT2D eigenvalue weighted by Gasteiger charge is 2.47. The first-order chi connectivity index (χ1) is 5.33. The molecule has 0 bridgehead atoms. The topological polar surface area (TPSA) is 47.9 Å². The molecule has 0 aromatic heterocycles. The molecule has 64 valence electrons. The molecule has 1 N–H and O–H groups in total. The summed E-state index contributed by atoms with van der Waals surface area (Å²) in [6, 6.07) is 0. The Morgan fingerprint density at radius 2 is 2.00 bits per heavy atom. The van der Waals surface area contributed by atoms with Gasteiger partial charge in [-0.2, -0.15) is 0 Å². The lowest BCUT2D eigenvalue weighted by atomic mass is 10.1. The second-order valence-corrected chi connectivity index (χ2v) is 2.94. The fourth-order valence-corrected chi connectivity index (χ4v) is 1.65. The first-order valence-electron chi connectivity index (χ1n) is 3.77. The molecule has 0 aliphatic carbocycles. The Balaban J connectivity index is 2.04. The summed E-state index contributed by atoms with van der Waals surface area (Å²) < 4.78 is 15.7. The van der Waals surface area contributed by atoms with Crippen LogP contribution in [0.15, 0.2) is 0 Å². The van der Waals surface area contributed by atoms with Crippen molar-refractivity contribution in [1.82, 2.24) is 0 Å². The summed E-state index contributed by atoms with van der Waals surface area (Å²) in [4.78, 5) is 0. The van der Waals surface area contributed by atoms with E-state index < -0.39 is 6.10 Å². The van der Waals surface area contributed by atoms with Gasteiger partial charge in [0.25, 0.3) is 0 Å². The predicted octanol–water partition coefficient (Wildman–Crippen LogP) is -0.840. The molecule has 0 aromatic carbocycles. The van der Waals surface area contributed by atoms with Crippen molar-refractivity contribution in [2.75, 3.05) is 20.3 Å². The second-order valence-electron chi connectivity index (χ2n) is 2.94. The molecule has 2 saturated heterocycles. The van der Waals surface area contributed by atoms with Gasteiger partial charge in [0.2, 0.25) is 0 Å². The highest BCUT2D eigenvalue weighted by atomic mass is 16.6.